The first-order valence-corrected chi connectivity index (χ1v) is 11.0. The Morgan fingerprint density at radius 1 is 1.00 bits per heavy atom. The lowest BCUT2D eigenvalue weighted by atomic mass is 9.83. The SMILES string of the molecule is CC1CCC(NC(=O)CN2C(=O)N[C@](Cc3ccccc3)(c3ccccc3)C2=O)CC1. The van der Waals surface area contributed by atoms with Crippen molar-refractivity contribution in [1.29, 1.82) is 0 Å². The van der Waals surface area contributed by atoms with E-state index in [1.54, 1.807) is 0 Å². The molecule has 0 aromatic heterocycles. The Bertz CT molecular complexity index is 939. The summed E-state index contributed by atoms with van der Waals surface area (Å²) in [5.74, 6) is 0.00941. The summed E-state index contributed by atoms with van der Waals surface area (Å²) in [5.41, 5.74) is 0.421. The predicted octanol–water partition coefficient (Wildman–Crippen LogP) is 3.37. The standard InChI is InChI=1S/C25H29N3O3/c1-18-12-14-21(15-13-18)26-22(29)17-28-23(30)25(27-24(28)31,20-10-6-3-7-11-20)16-19-8-4-2-5-9-19/h2-11,18,21H,12-17H2,1H3,(H,26,29)(H,27,31)/t18?,21?,25-/m1/s1. The smallest absolute Gasteiger partial charge is 0.325 e. The van der Waals surface area contributed by atoms with Crippen LogP contribution in [-0.2, 0) is 21.5 Å². The third-order valence-electron chi connectivity index (χ3n) is 6.44. The summed E-state index contributed by atoms with van der Waals surface area (Å²) in [6, 6.07) is 18.4. The maximum Gasteiger partial charge on any atom is 0.325 e. The van der Waals surface area contributed by atoms with Crippen molar-refractivity contribution < 1.29 is 14.4 Å². The Morgan fingerprint density at radius 3 is 2.26 bits per heavy atom. The molecule has 1 aliphatic heterocycles. The normalized spacial score (nSPS) is 25.9. The van der Waals surface area contributed by atoms with Crippen LogP contribution in [0.15, 0.2) is 60.7 Å². The summed E-state index contributed by atoms with van der Waals surface area (Å²) in [6.07, 6.45) is 4.37. The van der Waals surface area contributed by atoms with Gasteiger partial charge in [-0.3, -0.25) is 14.5 Å². The minimum atomic E-state index is -1.22. The average molecular weight is 420 g/mol. The second kappa shape index (κ2) is 8.92. The van der Waals surface area contributed by atoms with Crippen LogP contribution < -0.4 is 10.6 Å². The van der Waals surface area contributed by atoms with Gasteiger partial charge in [-0.2, -0.15) is 0 Å². The number of imide groups is 1. The maximum atomic E-state index is 13.6. The van der Waals surface area contributed by atoms with Gasteiger partial charge in [0.25, 0.3) is 5.91 Å². The van der Waals surface area contributed by atoms with Gasteiger partial charge in [-0.25, -0.2) is 4.79 Å². The quantitative estimate of drug-likeness (QED) is 0.705. The number of urea groups is 1. The summed E-state index contributed by atoms with van der Waals surface area (Å²) in [5, 5.41) is 5.92. The summed E-state index contributed by atoms with van der Waals surface area (Å²) < 4.78 is 0. The van der Waals surface area contributed by atoms with Gasteiger partial charge in [0.2, 0.25) is 5.91 Å². The monoisotopic (exact) mass is 419 g/mol. The summed E-state index contributed by atoms with van der Waals surface area (Å²) >= 11 is 0. The van der Waals surface area contributed by atoms with Gasteiger partial charge in [-0.1, -0.05) is 67.6 Å². The number of hydrogen-bond donors (Lipinski definition) is 2. The number of hydrogen-bond acceptors (Lipinski definition) is 3. The van der Waals surface area contributed by atoms with Crippen LogP contribution in [0.3, 0.4) is 0 Å². The van der Waals surface area contributed by atoms with Crippen molar-refractivity contribution in [2.45, 2.75) is 50.6 Å². The minimum absolute atomic E-state index is 0.118. The van der Waals surface area contributed by atoms with Crippen LogP contribution in [0, 0.1) is 5.92 Å². The maximum absolute atomic E-state index is 13.6. The van der Waals surface area contributed by atoms with Crippen molar-refractivity contribution >= 4 is 17.8 Å². The number of nitrogens with one attached hydrogen (secondary N) is 2. The number of carbonyl (C=O) groups is 3. The number of amides is 4. The van der Waals surface area contributed by atoms with E-state index in [-0.39, 0.29) is 24.4 Å². The van der Waals surface area contributed by atoms with Crippen molar-refractivity contribution in [3.05, 3.63) is 71.8 Å². The Balaban J connectivity index is 1.53. The number of benzene rings is 2. The predicted molar refractivity (Wildman–Crippen MR) is 118 cm³/mol. The molecule has 31 heavy (non-hydrogen) atoms. The van der Waals surface area contributed by atoms with Gasteiger partial charge in [0.05, 0.1) is 0 Å². The van der Waals surface area contributed by atoms with Crippen LogP contribution in [0.2, 0.25) is 0 Å². The van der Waals surface area contributed by atoms with Crippen molar-refractivity contribution in [1.82, 2.24) is 15.5 Å². The Labute approximate surface area is 183 Å². The molecule has 0 spiro atoms. The minimum Gasteiger partial charge on any atom is -0.352 e. The fourth-order valence-corrected chi connectivity index (χ4v) is 4.63. The number of carbonyl (C=O) groups excluding carboxylic acids is 3. The molecule has 2 aliphatic rings. The van der Waals surface area contributed by atoms with Crippen molar-refractivity contribution in [2.24, 2.45) is 5.92 Å². The van der Waals surface area contributed by atoms with Gasteiger partial charge in [0.1, 0.15) is 6.54 Å². The summed E-state index contributed by atoms with van der Waals surface area (Å²) in [7, 11) is 0. The van der Waals surface area contributed by atoms with E-state index in [2.05, 4.69) is 17.6 Å². The van der Waals surface area contributed by atoms with Crippen LogP contribution >= 0.6 is 0 Å². The van der Waals surface area contributed by atoms with Crippen LogP contribution in [0.1, 0.15) is 43.7 Å². The Hall–Kier alpha value is -3.15. The zero-order valence-electron chi connectivity index (χ0n) is 17.8. The molecule has 2 N–H and O–H groups in total. The van der Waals surface area contributed by atoms with Crippen molar-refractivity contribution in [3.8, 4) is 0 Å². The molecular weight excluding hydrogens is 390 g/mol. The van der Waals surface area contributed by atoms with Gasteiger partial charge in [0, 0.05) is 12.5 Å². The zero-order chi connectivity index (χ0) is 21.8. The first-order valence-electron chi connectivity index (χ1n) is 11.0. The molecule has 4 rings (SSSR count). The highest BCUT2D eigenvalue weighted by Gasteiger charge is 2.52. The topological polar surface area (TPSA) is 78.5 Å². The molecule has 1 aliphatic carbocycles. The lowest BCUT2D eigenvalue weighted by molar-refractivity contribution is -0.135. The molecule has 162 valence electrons. The average Bonchev–Trinajstić information content (AvgIpc) is 3.01. The fourth-order valence-electron chi connectivity index (χ4n) is 4.63. The van der Waals surface area contributed by atoms with Gasteiger partial charge >= 0.3 is 6.03 Å². The molecule has 0 bridgehead atoms. The number of nitrogens with zero attached hydrogens (tertiary/aromatic N) is 1. The van der Waals surface area contributed by atoms with E-state index in [1.165, 1.54) is 0 Å². The zero-order valence-corrected chi connectivity index (χ0v) is 17.8. The molecule has 0 unspecified atom stereocenters. The van der Waals surface area contributed by atoms with E-state index in [9.17, 15) is 14.4 Å². The molecule has 1 saturated heterocycles. The first-order chi connectivity index (χ1) is 15.0. The molecule has 1 atom stereocenters. The molecule has 2 fully saturated rings. The third-order valence-corrected chi connectivity index (χ3v) is 6.44. The lowest BCUT2D eigenvalue weighted by Crippen LogP contribution is -2.48. The first kappa shape index (κ1) is 21.1. The molecule has 2 aromatic carbocycles. The number of rotatable bonds is 6. The second-order valence-electron chi connectivity index (χ2n) is 8.78. The highest BCUT2D eigenvalue weighted by molar-refractivity contribution is 6.09. The van der Waals surface area contributed by atoms with E-state index < -0.39 is 11.6 Å². The van der Waals surface area contributed by atoms with Crippen LogP contribution in [-0.4, -0.2) is 35.3 Å². The third kappa shape index (κ3) is 4.48. The lowest BCUT2D eigenvalue weighted by Gasteiger charge is -2.28. The highest BCUT2D eigenvalue weighted by atomic mass is 16.2. The van der Waals surface area contributed by atoms with Crippen LogP contribution in [0.5, 0.6) is 0 Å². The van der Waals surface area contributed by atoms with E-state index in [4.69, 9.17) is 0 Å². The van der Waals surface area contributed by atoms with Gasteiger partial charge in [0.15, 0.2) is 5.54 Å². The van der Waals surface area contributed by atoms with Crippen LogP contribution in [0.25, 0.3) is 0 Å². The van der Waals surface area contributed by atoms with E-state index in [0.717, 1.165) is 36.1 Å². The molecule has 1 heterocycles. The van der Waals surface area contributed by atoms with Crippen molar-refractivity contribution in [2.75, 3.05) is 6.54 Å². The molecule has 4 amide bonds. The fraction of sp³-hybridized carbons (Fsp3) is 0.400. The Morgan fingerprint density at radius 2 is 1.61 bits per heavy atom. The van der Waals surface area contributed by atoms with Gasteiger partial charge in [-0.15, -0.1) is 0 Å². The summed E-state index contributed by atoms with van der Waals surface area (Å²) in [6.45, 7) is 1.96. The molecule has 0 radical (unpaired) electrons. The van der Waals surface area contributed by atoms with Gasteiger partial charge < -0.3 is 10.6 Å². The van der Waals surface area contributed by atoms with E-state index >= 15 is 0 Å². The molecular formula is C25H29N3O3. The van der Waals surface area contributed by atoms with E-state index in [1.807, 2.05) is 60.7 Å². The molecule has 6 nitrogen and oxygen atoms in total. The molecule has 1 saturated carbocycles. The molecule has 6 heteroatoms. The highest BCUT2D eigenvalue weighted by Crippen LogP contribution is 2.33. The molecule has 2 aromatic rings. The largest absolute Gasteiger partial charge is 0.352 e. The Kier molecular flexibility index (Phi) is 6.07. The summed E-state index contributed by atoms with van der Waals surface area (Å²) in [4.78, 5) is 40.1. The van der Waals surface area contributed by atoms with Crippen molar-refractivity contribution in [3.63, 3.8) is 0 Å². The second-order valence-corrected chi connectivity index (χ2v) is 8.78. The van der Waals surface area contributed by atoms with Gasteiger partial charge in [-0.05, 0) is 42.7 Å². The van der Waals surface area contributed by atoms with E-state index in [0.29, 0.717) is 17.9 Å². The van der Waals surface area contributed by atoms with Crippen LogP contribution in [0.4, 0.5) is 4.79 Å².